The average molecular weight is 298 g/mol. The molecule has 0 spiro atoms. The summed E-state index contributed by atoms with van der Waals surface area (Å²) in [6.07, 6.45) is 3.80. The van der Waals surface area contributed by atoms with Gasteiger partial charge in [0.15, 0.2) is 6.61 Å². The second-order valence-corrected chi connectivity index (χ2v) is 5.65. The zero-order valence-corrected chi connectivity index (χ0v) is 12.1. The summed E-state index contributed by atoms with van der Waals surface area (Å²) in [6, 6.07) is 7.14. The smallest absolute Gasteiger partial charge is 0.258 e. The molecule has 5 heteroatoms. The molecule has 1 aromatic carbocycles. The number of nitrogens with one attached hydrogen (secondary N) is 1. The van der Waals surface area contributed by atoms with E-state index in [9.17, 15) is 4.79 Å². The molecule has 1 aliphatic rings. The predicted octanol–water partition coefficient (Wildman–Crippen LogP) is 2.39. The Bertz CT molecular complexity index is 427. The van der Waals surface area contributed by atoms with Crippen LogP contribution in [0.25, 0.3) is 0 Å². The van der Waals surface area contributed by atoms with Gasteiger partial charge in [0.25, 0.3) is 5.91 Å². The lowest BCUT2D eigenvalue weighted by atomic mass is 9.86. The number of ether oxygens (including phenoxy) is 1. The molecule has 0 aromatic heterocycles. The molecule has 0 unspecified atom stereocenters. The monoisotopic (exact) mass is 297 g/mol. The van der Waals surface area contributed by atoms with Gasteiger partial charge in [0.2, 0.25) is 0 Å². The zero-order valence-electron chi connectivity index (χ0n) is 11.3. The number of amides is 1. The van der Waals surface area contributed by atoms with Crippen molar-refractivity contribution in [3.63, 3.8) is 0 Å². The molecule has 1 saturated carbocycles. The number of carbonyl (C=O) groups is 1. The minimum absolute atomic E-state index is 0.0154. The molecular weight excluding hydrogens is 278 g/mol. The maximum atomic E-state index is 11.8. The normalized spacial score (nSPS) is 22.3. The highest BCUT2D eigenvalue weighted by atomic mass is 35.5. The summed E-state index contributed by atoms with van der Waals surface area (Å²) < 4.78 is 5.40. The number of aliphatic hydroxyl groups is 1. The van der Waals surface area contributed by atoms with Crippen molar-refractivity contribution in [3.8, 4) is 5.75 Å². The van der Waals surface area contributed by atoms with Crippen LogP contribution in [-0.2, 0) is 4.79 Å². The van der Waals surface area contributed by atoms with Gasteiger partial charge in [-0.15, -0.1) is 0 Å². The fraction of sp³-hybridized carbons (Fsp3) is 0.533. The summed E-state index contributed by atoms with van der Waals surface area (Å²) in [5.74, 6) is 0.925. The molecule has 1 aliphatic carbocycles. The lowest BCUT2D eigenvalue weighted by Gasteiger charge is -2.27. The van der Waals surface area contributed by atoms with Crippen LogP contribution in [0.5, 0.6) is 5.75 Å². The van der Waals surface area contributed by atoms with E-state index in [1.807, 2.05) is 0 Å². The molecule has 0 saturated heterocycles. The van der Waals surface area contributed by atoms with Crippen molar-refractivity contribution in [2.75, 3.05) is 13.2 Å². The van der Waals surface area contributed by atoms with Crippen LogP contribution in [0, 0.1) is 5.92 Å². The quantitative estimate of drug-likeness (QED) is 0.877. The standard InChI is InChI=1S/C15H20ClNO3/c16-12-3-7-14(8-4-12)20-10-15(19)17-13-5-1-11(9-18)2-6-13/h3-4,7-8,11,13,18H,1-2,5-6,9-10H2,(H,17,19). The summed E-state index contributed by atoms with van der Waals surface area (Å²) >= 11 is 5.77. The summed E-state index contributed by atoms with van der Waals surface area (Å²) in [6.45, 7) is 0.266. The third-order valence-corrected chi connectivity index (χ3v) is 3.91. The Kier molecular flexibility index (Phi) is 5.68. The number of hydrogen-bond donors (Lipinski definition) is 2. The van der Waals surface area contributed by atoms with Crippen LogP contribution in [0.15, 0.2) is 24.3 Å². The zero-order chi connectivity index (χ0) is 14.4. The van der Waals surface area contributed by atoms with E-state index in [-0.39, 0.29) is 25.2 Å². The summed E-state index contributed by atoms with van der Waals surface area (Å²) in [5.41, 5.74) is 0. The minimum Gasteiger partial charge on any atom is -0.484 e. The van der Waals surface area contributed by atoms with Crippen molar-refractivity contribution < 1.29 is 14.6 Å². The maximum absolute atomic E-state index is 11.8. The van der Waals surface area contributed by atoms with Crippen LogP contribution in [0.1, 0.15) is 25.7 Å². The van der Waals surface area contributed by atoms with Crippen molar-refractivity contribution in [1.29, 1.82) is 0 Å². The highest BCUT2D eigenvalue weighted by molar-refractivity contribution is 6.30. The van der Waals surface area contributed by atoms with Crippen molar-refractivity contribution in [1.82, 2.24) is 5.32 Å². The molecule has 20 heavy (non-hydrogen) atoms. The molecule has 0 aliphatic heterocycles. The summed E-state index contributed by atoms with van der Waals surface area (Å²) in [7, 11) is 0. The van der Waals surface area contributed by atoms with Crippen molar-refractivity contribution >= 4 is 17.5 Å². The van der Waals surface area contributed by atoms with Gasteiger partial charge >= 0.3 is 0 Å². The van der Waals surface area contributed by atoms with Crippen LogP contribution >= 0.6 is 11.6 Å². The van der Waals surface area contributed by atoms with Gasteiger partial charge in [0.1, 0.15) is 5.75 Å². The summed E-state index contributed by atoms with van der Waals surface area (Å²) in [5, 5.41) is 12.7. The topological polar surface area (TPSA) is 58.6 Å². The molecule has 1 aromatic rings. The second-order valence-electron chi connectivity index (χ2n) is 5.21. The van der Waals surface area contributed by atoms with Gasteiger partial charge in [-0.05, 0) is 55.9 Å². The van der Waals surface area contributed by atoms with Gasteiger partial charge in [-0.3, -0.25) is 4.79 Å². The molecule has 1 amide bonds. The Morgan fingerprint density at radius 3 is 2.50 bits per heavy atom. The van der Waals surface area contributed by atoms with E-state index in [0.717, 1.165) is 25.7 Å². The maximum Gasteiger partial charge on any atom is 0.258 e. The highest BCUT2D eigenvalue weighted by Gasteiger charge is 2.21. The lowest BCUT2D eigenvalue weighted by Crippen LogP contribution is -2.40. The Labute approximate surface area is 124 Å². The highest BCUT2D eigenvalue weighted by Crippen LogP contribution is 2.23. The number of benzene rings is 1. The second kappa shape index (κ2) is 7.50. The molecular formula is C15H20ClNO3. The van der Waals surface area contributed by atoms with E-state index in [0.29, 0.717) is 16.7 Å². The first-order chi connectivity index (χ1) is 9.67. The number of rotatable bonds is 5. The fourth-order valence-electron chi connectivity index (χ4n) is 2.44. The van der Waals surface area contributed by atoms with Gasteiger partial charge in [0, 0.05) is 17.7 Å². The Hall–Kier alpha value is -1.26. The largest absolute Gasteiger partial charge is 0.484 e. The summed E-state index contributed by atoms with van der Waals surface area (Å²) in [4.78, 5) is 11.8. The third-order valence-electron chi connectivity index (χ3n) is 3.65. The van der Waals surface area contributed by atoms with E-state index in [1.54, 1.807) is 24.3 Å². The first-order valence-corrected chi connectivity index (χ1v) is 7.33. The number of halogens is 1. The molecule has 4 nitrogen and oxygen atoms in total. The number of aliphatic hydroxyl groups excluding tert-OH is 1. The first kappa shape index (κ1) is 15.1. The number of hydrogen-bond acceptors (Lipinski definition) is 3. The van der Waals surface area contributed by atoms with Crippen LogP contribution in [-0.4, -0.2) is 30.3 Å². The van der Waals surface area contributed by atoms with Crippen molar-refractivity contribution in [3.05, 3.63) is 29.3 Å². The van der Waals surface area contributed by atoms with Crippen molar-refractivity contribution in [2.45, 2.75) is 31.7 Å². The Morgan fingerprint density at radius 2 is 1.90 bits per heavy atom. The van der Waals surface area contributed by atoms with Crippen LogP contribution < -0.4 is 10.1 Å². The van der Waals surface area contributed by atoms with Gasteiger partial charge in [0.05, 0.1) is 0 Å². The van der Waals surface area contributed by atoms with E-state index >= 15 is 0 Å². The number of carbonyl (C=O) groups excluding carboxylic acids is 1. The van der Waals surface area contributed by atoms with Crippen LogP contribution in [0.2, 0.25) is 5.02 Å². The molecule has 0 radical (unpaired) electrons. The van der Waals surface area contributed by atoms with Crippen LogP contribution in [0.4, 0.5) is 0 Å². The minimum atomic E-state index is -0.104. The van der Waals surface area contributed by atoms with Gasteiger partial charge in [-0.25, -0.2) is 0 Å². The third kappa shape index (κ3) is 4.69. The molecule has 1 fully saturated rings. The van der Waals surface area contributed by atoms with Gasteiger partial charge in [-0.2, -0.15) is 0 Å². The fourth-order valence-corrected chi connectivity index (χ4v) is 2.56. The van der Waals surface area contributed by atoms with E-state index < -0.39 is 0 Å². The van der Waals surface area contributed by atoms with E-state index in [1.165, 1.54) is 0 Å². The van der Waals surface area contributed by atoms with E-state index in [4.69, 9.17) is 21.4 Å². The molecule has 0 heterocycles. The van der Waals surface area contributed by atoms with Crippen molar-refractivity contribution in [2.24, 2.45) is 5.92 Å². The lowest BCUT2D eigenvalue weighted by molar-refractivity contribution is -0.124. The SMILES string of the molecule is O=C(COc1ccc(Cl)cc1)NC1CCC(CO)CC1. The Balaban J connectivity index is 1.69. The van der Waals surface area contributed by atoms with Crippen LogP contribution in [0.3, 0.4) is 0 Å². The van der Waals surface area contributed by atoms with E-state index in [2.05, 4.69) is 5.32 Å². The van der Waals surface area contributed by atoms with Gasteiger partial charge < -0.3 is 15.2 Å². The molecule has 110 valence electrons. The van der Waals surface area contributed by atoms with Gasteiger partial charge in [-0.1, -0.05) is 11.6 Å². The molecule has 0 atom stereocenters. The Morgan fingerprint density at radius 1 is 1.25 bits per heavy atom. The average Bonchev–Trinajstić information content (AvgIpc) is 2.47. The predicted molar refractivity (Wildman–Crippen MR) is 77.9 cm³/mol. The molecule has 2 N–H and O–H groups in total. The molecule has 0 bridgehead atoms. The first-order valence-electron chi connectivity index (χ1n) is 6.96. The molecule has 2 rings (SSSR count).